The van der Waals surface area contributed by atoms with Crippen molar-refractivity contribution in [2.75, 3.05) is 39.2 Å². The van der Waals surface area contributed by atoms with E-state index in [1.165, 1.54) is 17.4 Å². The van der Waals surface area contributed by atoms with Crippen molar-refractivity contribution in [2.24, 2.45) is 16.8 Å². The van der Waals surface area contributed by atoms with Gasteiger partial charge >= 0.3 is 19.7 Å². The molecule has 0 radical (unpaired) electrons. The summed E-state index contributed by atoms with van der Waals surface area (Å²) in [5.41, 5.74) is 2.15. The summed E-state index contributed by atoms with van der Waals surface area (Å²) in [4.78, 5) is 30.5. The van der Waals surface area contributed by atoms with Gasteiger partial charge in [0.05, 0.1) is 42.8 Å². The molecule has 0 spiro atoms. The molecule has 2 fully saturated rings. The second-order valence-electron chi connectivity index (χ2n) is 15.8. The van der Waals surface area contributed by atoms with Crippen LogP contribution in [0.3, 0.4) is 0 Å². The molecule has 1 unspecified atom stereocenters. The van der Waals surface area contributed by atoms with Crippen LogP contribution in [0.4, 0.5) is 4.79 Å². The third kappa shape index (κ3) is 13.5. The lowest BCUT2D eigenvalue weighted by Gasteiger charge is -2.31. The van der Waals surface area contributed by atoms with Crippen molar-refractivity contribution < 1.29 is 60.4 Å². The first-order valence-corrected chi connectivity index (χ1v) is 23.9. The van der Waals surface area contributed by atoms with E-state index in [0.717, 1.165) is 11.1 Å². The summed E-state index contributed by atoms with van der Waals surface area (Å²) < 4.78 is 82.7. The Hall–Kier alpha value is -4.45. The van der Waals surface area contributed by atoms with Crippen molar-refractivity contribution in [1.29, 1.82) is 0 Å². The zero-order chi connectivity index (χ0) is 44.1. The van der Waals surface area contributed by atoms with Gasteiger partial charge in [0.15, 0.2) is 18.7 Å². The van der Waals surface area contributed by atoms with E-state index in [-0.39, 0.29) is 61.8 Å². The van der Waals surface area contributed by atoms with Crippen LogP contribution >= 0.6 is 7.60 Å². The number of aliphatic hydroxyl groups excluding tert-OH is 1. The lowest BCUT2D eigenvalue weighted by atomic mass is 10.0. The van der Waals surface area contributed by atoms with E-state index in [1.807, 2.05) is 62.4 Å². The van der Waals surface area contributed by atoms with E-state index >= 15 is 0 Å². The van der Waals surface area contributed by atoms with Crippen molar-refractivity contribution in [3.05, 3.63) is 113 Å². The number of allylic oxidation sites excluding steroid dienone is 1. The summed E-state index contributed by atoms with van der Waals surface area (Å²) in [6, 6.07) is 23.8. The number of fused-ring (bicyclic) bond motifs is 1. The van der Waals surface area contributed by atoms with E-state index in [2.05, 4.69) is 10.3 Å². The summed E-state index contributed by atoms with van der Waals surface area (Å²) in [5.74, 6) is -0.632. The highest BCUT2D eigenvalue weighted by atomic mass is 32.2. The molecule has 3 heterocycles. The standard InChI is InChI=1S/C44H56N3O13PS/c1-31(2)25-47(62(52,53)37-15-10-21-45-24-37)26-40(48)39(46-44(50)59-41-29-56-43-38(41)20-22-54-43)23-33-16-18-36(19-17-33)57-30-61(51,58-28-35-13-8-5-9-14-35)60-32(3)42(49)55-27-34-11-6-4-7-12-34/h4-9,11-19,24,31-32,38-41,43,48H,10,20-23,25-30H2,1-3H3,(H,46,50)/t32-,38-,39-,40+,41-,43+,61?/m0/s1. The zero-order valence-electron chi connectivity index (χ0n) is 35.2. The maximum Gasteiger partial charge on any atom is 0.407 e. The lowest BCUT2D eigenvalue weighted by Crippen LogP contribution is -2.52. The van der Waals surface area contributed by atoms with Gasteiger partial charge in [-0.25, -0.2) is 18.0 Å². The average Bonchev–Trinajstić information content (AvgIpc) is 3.90. The molecule has 16 nitrogen and oxygen atoms in total. The second kappa shape index (κ2) is 22.3. The number of hydrogen-bond donors (Lipinski definition) is 2. The predicted octanol–water partition coefficient (Wildman–Crippen LogP) is 5.99. The molecule has 3 aromatic rings. The molecule has 0 saturated carbocycles. The van der Waals surface area contributed by atoms with Gasteiger partial charge in [0.1, 0.15) is 18.5 Å². The molecule has 18 heteroatoms. The number of esters is 1. The first kappa shape index (κ1) is 47.0. The number of ether oxygens (including phenoxy) is 5. The summed E-state index contributed by atoms with van der Waals surface area (Å²) in [7, 11) is -8.11. The minimum absolute atomic E-state index is 0.00860. The van der Waals surface area contributed by atoms with Crippen molar-refractivity contribution in [3.8, 4) is 5.75 Å². The highest BCUT2D eigenvalue weighted by molar-refractivity contribution is 7.93. The van der Waals surface area contributed by atoms with Gasteiger partial charge in [-0.05, 0) is 60.9 Å². The molecule has 3 aliphatic heterocycles. The lowest BCUT2D eigenvalue weighted by molar-refractivity contribution is -0.153. The molecule has 2 N–H and O–H groups in total. The number of hydrogen-bond acceptors (Lipinski definition) is 14. The van der Waals surface area contributed by atoms with Crippen molar-refractivity contribution in [2.45, 2.75) is 83.9 Å². The minimum atomic E-state index is -4.09. The molecule has 2 saturated heterocycles. The molecular weight excluding hydrogens is 842 g/mol. The number of rotatable bonds is 22. The SMILES string of the molecule is CC(C)CN(C[C@@H](O)[C@H](Cc1ccc(OCP(=O)(OCc2ccccc2)O[C@@H](C)C(=O)OCc2ccccc2)cc1)NC(=O)O[C@H]1CO[C@H]2OCC[C@H]21)S(=O)(=O)C1=CCCN=C1. The topological polar surface area (TPSA) is 198 Å². The smallest absolute Gasteiger partial charge is 0.407 e. The van der Waals surface area contributed by atoms with Gasteiger partial charge in [-0.3, -0.25) is 14.1 Å². The van der Waals surface area contributed by atoms with Crippen LogP contribution in [-0.4, -0.2) is 106 Å². The third-order valence-electron chi connectivity index (χ3n) is 10.3. The second-order valence-corrected chi connectivity index (χ2v) is 19.7. The Balaban J connectivity index is 1.14. The maximum absolute atomic E-state index is 14.1. The van der Waals surface area contributed by atoms with E-state index in [1.54, 1.807) is 42.5 Å². The van der Waals surface area contributed by atoms with Gasteiger partial charge in [0, 0.05) is 25.8 Å². The first-order chi connectivity index (χ1) is 29.8. The number of aliphatic imine (C=N–C) groups is 1. The minimum Gasteiger partial charge on any atom is -0.481 e. The number of nitrogens with zero attached hydrogens (tertiary/aromatic N) is 2. The average molecular weight is 898 g/mol. The summed E-state index contributed by atoms with van der Waals surface area (Å²) in [6.45, 7) is 6.06. The Morgan fingerprint density at radius 3 is 2.29 bits per heavy atom. The Bertz CT molecular complexity index is 2140. The van der Waals surface area contributed by atoms with Crippen LogP contribution in [-0.2, 0) is 67.0 Å². The quantitative estimate of drug-likeness (QED) is 0.0883. The Morgan fingerprint density at radius 2 is 1.63 bits per heavy atom. The van der Waals surface area contributed by atoms with Crippen molar-refractivity contribution in [1.82, 2.24) is 9.62 Å². The number of aliphatic hydroxyl groups is 1. The Labute approximate surface area is 363 Å². The van der Waals surface area contributed by atoms with Crippen LogP contribution in [0.15, 0.2) is 101 Å². The molecule has 0 aromatic heterocycles. The van der Waals surface area contributed by atoms with Gasteiger partial charge in [-0.1, -0.05) is 92.7 Å². The molecule has 1 amide bonds. The number of carbonyl (C=O) groups excluding carboxylic acids is 2. The fourth-order valence-corrected chi connectivity index (χ4v) is 10.2. The number of dihydropyridines is 1. The van der Waals surface area contributed by atoms with Gasteiger partial charge in [0.25, 0.3) is 0 Å². The number of nitrogens with one attached hydrogen (secondary N) is 1. The van der Waals surface area contributed by atoms with Crippen LogP contribution in [0.1, 0.15) is 50.3 Å². The molecule has 3 aliphatic rings. The van der Waals surface area contributed by atoms with Gasteiger partial charge in [0.2, 0.25) is 10.0 Å². The van der Waals surface area contributed by atoms with E-state index in [0.29, 0.717) is 31.6 Å². The highest BCUT2D eigenvalue weighted by Gasteiger charge is 2.44. The normalized spacial score (nSPS) is 21.1. The number of benzene rings is 3. The largest absolute Gasteiger partial charge is 0.481 e. The fraction of sp³-hybridized carbons (Fsp3) is 0.477. The summed E-state index contributed by atoms with van der Waals surface area (Å²) >= 11 is 0. The van der Waals surface area contributed by atoms with E-state index in [9.17, 15) is 27.7 Å². The number of amides is 1. The highest BCUT2D eigenvalue weighted by Crippen LogP contribution is 2.50. The van der Waals surface area contributed by atoms with Crippen LogP contribution in [0.5, 0.6) is 5.75 Å². The summed E-state index contributed by atoms with van der Waals surface area (Å²) in [6.07, 6.45) is -0.777. The predicted molar refractivity (Wildman–Crippen MR) is 230 cm³/mol. The fourth-order valence-electron chi connectivity index (χ4n) is 7.08. The van der Waals surface area contributed by atoms with Gasteiger partial charge in [-0.2, -0.15) is 4.31 Å². The molecular formula is C44H56N3O13PS. The molecule has 0 aliphatic carbocycles. The molecule has 7 atom stereocenters. The van der Waals surface area contributed by atoms with Gasteiger partial charge in [-0.15, -0.1) is 0 Å². The van der Waals surface area contributed by atoms with Crippen LogP contribution in [0.25, 0.3) is 0 Å². The Kier molecular flexibility index (Phi) is 16.9. The molecule has 62 heavy (non-hydrogen) atoms. The number of alkyl carbamates (subject to hydrolysis) is 1. The van der Waals surface area contributed by atoms with E-state index in [4.69, 9.17) is 32.7 Å². The molecule has 3 aromatic carbocycles. The Morgan fingerprint density at radius 1 is 0.935 bits per heavy atom. The maximum atomic E-state index is 14.1. The van der Waals surface area contributed by atoms with Crippen molar-refractivity contribution >= 4 is 35.9 Å². The molecule has 336 valence electrons. The molecule has 0 bridgehead atoms. The monoisotopic (exact) mass is 897 g/mol. The van der Waals surface area contributed by atoms with E-state index < -0.39 is 66.7 Å². The zero-order valence-corrected chi connectivity index (χ0v) is 36.9. The third-order valence-corrected chi connectivity index (χ3v) is 13.8. The van der Waals surface area contributed by atoms with Crippen LogP contribution in [0.2, 0.25) is 0 Å². The van der Waals surface area contributed by atoms with Crippen LogP contribution < -0.4 is 10.1 Å². The van der Waals surface area contributed by atoms with Gasteiger partial charge < -0.3 is 38.6 Å². The summed E-state index contributed by atoms with van der Waals surface area (Å²) in [5, 5.41) is 14.5. The number of sulfonamides is 1. The van der Waals surface area contributed by atoms with Crippen molar-refractivity contribution in [3.63, 3.8) is 0 Å². The van der Waals surface area contributed by atoms with Crippen LogP contribution in [0, 0.1) is 11.8 Å². The molecule has 6 rings (SSSR count). The first-order valence-electron chi connectivity index (χ1n) is 20.7. The number of carbonyl (C=O) groups is 2.